The molecular formula is C47H43Cl2N5O9S2. The first-order chi connectivity index (χ1) is 31.0. The Morgan fingerprint density at radius 3 is 2.35 bits per heavy atom. The van der Waals surface area contributed by atoms with Crippen LogP contribution in [0.4, 0.5) is 5.13 Å². The van der Waals surface area contributed by atoms with Crippen molar-refractivity contribution in [2.75, 3.05) is 11.9 Å². The number of carboxylic acid groups (broad SMARTS) is 1. The third-order valence-corrected chi connectivity index (χ3v) is 15.6. The van der Waals surface area contributed by atoms with Crippen molar-refractivity contribution in [2.45, 2.75) is 76.1 Å². The molecule has 0 spiro atoms. The number of carboxylic acids is 1. The number of ether oxygens (including phenoxy) is 3. The molecule has 3 unspecified atom stereocenters. The zero-order chi connectivity index (χ0) is 46.2. The Bertz CT molecular complexity index is 2930. The Morgan fingerprint density at radius 2 is 1.65 bits per heavy atom. The number of aryl methyl sites for hydroxylation is 2. The highest BCUT2D eigenvalue weighted by Crippen LogP contribution is 2.43. The second kappa shape index (κ2) is 18.8. The van der Waals surface area contributed by atoms with Gasteiger partial charge in [-0.1, -0.05) is 77.0 Å². The molecular weight excluding hydrogens is 914 g/mol. The van der Waals surface area contributed by atoms with Crippen LogP contribution in [0.5, 0.6) is 17.2 Å². The van der Waals surface area contributed by atoms with E-state index < -0.39 is 46.0 Å². The van der Waals surface area contributed by atoms with Gasteiger partial charge in [-0.05, 0) is 114 Å². The van der Waals surface area contributed by atoms with Crippen molar-refractivity contribution in [1.29, 1.82) is 0 Å². The van der Waals surface area contributed by atoms with E-state index in [-0.39, 0.29) is 47.6 Å². The smallest absolute Gasteiger partial charge is 0.326 e. The number of sulfonamides is 1. The van der Waals surface area contributed by atoms with Gasteiger partial charge in [0.25, 0.3) is 10.0 Å². The molecule has 6 aromatic rings. The Labute approximate surface area is 389 Å². The molecule has 3 N–H and O–H groups in total. The minimum atomic E-state index is -4.47. The second-order valence-electron chi connectivity index (χ2n) is 15.8. The third-order valence-electron chi connectivity index (χ3n) is 11.3. The van der Waals surface area contributed by atoms with Crippen molar-refractivity contribution in [2.24, 2.45) is 0 Å². The highest BCUT2D eigenvalue weighted by atomic mass is 35.5. The lowest BCUT2D eigenvalue weighted by atomic mass is 9.93. The number of fused-ring (bicyclic) bond motifs is 2. The van der Waals surface area contributed by atoms with Gasteiger partial charge in [0, 0.05) is 31.8 Å². The lowest BCUT2D eigenvalue weighted by Gasteiger charge is -2.36. The molecule has 2 amide bonds. The number of nitrogens with zero attached hydrogens (tertiary/aromatic N) is 3. The number of nitrogens with one attached hydrogen (secondary N) is 2. The molecule has 336 valence electrons. The van der Waals surface area contributed by atoms with Crippen LogP contribution < -0.4 is 24.8 Å². The molecule has 4 heterocycles. The number of aromatic nitrogens is 2. The van der Waals surface area contributed by atoms with Crippen LogP contribution in [0.3, 0.4) is 0 Å². The summed E-state index contributed by atoms with van der Waals surface area (Å²) in [5.74, 6) is -1.09. The van der Waals surface area contributed by atoms with E-state index in [4.69, 9.17) is 37.4 Å². The normalized spacial score (nSPS) is 16.3. The first-order valence-electron chi connectivity index (χ1n) is 20.5. The number of pyridine rings is 1. The van der Waals surface area contributed by atoms with Gasteiger partial charge < -0.3 is 30.0 Å². The Hall–Kier alpha value is -6.04. The van der Waals surface area contributed by atoms with Gasteiger partial charge in [-0.25, -0.2) is 18.2 Å². The summed E-state index contributed by atoms with van der Waals surface area (Å²) in [5.41, 5.74) is 7.50. The van der Waals surface area contributed by atoms with Crippen LogP contribution in [-0.2, 0) is 50.4 Å². The van der Waals surface area contributed by atoms with Gasteiger partial charge in [0.1, 0.15) is 31.0 Å². The SMILES string of the molecule is CC(=O)Nc1nc(C)c(S(=O)(=O)N2Cc3cc4c(cc3CC2C(=O)NC(Cc2ccc(-c3ccnc(C)c3C)cc2)C(=O)O)OCC(c2ccc(OCc3ccc(Cl)c(Cl)c3)cc2)O4)s1. The van der Waals surface area contributed by atoms with E-state index in [1.807, 2.05) is 62.4 Å². The van der Waals surface area contributed by atoms with E-state index in [2.05, 4.69) is 20.6 Å². The maximum atomic E-state index is 14.7. The zero-order valence-corrected chi connectivity index (χ0v) is 38.7. The first kappa shape index (κ1) is 45.5. The maximum Gasteiger partial charge on any atom is 0.326 e. The number of benzene rings is 4. The number of carbonyl (C=O) groups excluding carboxylic acids is 2. The van der Waals surface area contributed by atoms with Gasteiger partial charge in [0.05, 0.1) is 15.7 Å². The summed E-state index contributed by atoms with van der Waals surface area (Å²) in [6.45, 7) is 6.89. The predicted octanol–water partition coefficient (Wildman–Crippen LogP) is 8.41. The van der Waals surface area contributed by atoms with Crippen LogP contribution in [0.2, 0.25) is 10.0 Å². The van der Waals surface area contributed by atoms with Crippen LogP contribution in [0.25, 0.3) is 11.1 Å². The van der Waals surface area contributed by atoms with E-state index in [0.29, 0.717) is 44.0 Å². The molecule has 0 saturated heterocycles. The molecule has 0 radical (unpaired) electrons. The topological polar surface area (TPSA) is 186 Å². The summed E-state index contributed by atoms with van der Waals surface area (Å²) in [7, 11) is -4.47. The van der Waals surface area contributed by atoms with Gasteiger partial charge in [0.15, 0.2) is 26.9 Å². The standard InChI is InChI=1S/C47H43Cl2N5O9S2/c1-25-26(2)50-16-15-36(25)31-8-5-29(6-9-31)18-39(45(57)58)53-44(56)40-19-33-20-41-42(21-34(33)22-54(40)65(59,60)46-27(3)51-47(64-46)52-28(4)55)63-43(24-62-41)32-10-12-35(13-11-32)61-23-30-7-14-37(48)38(49)17-30/h5-17,20-21,39-40,43H,18-19,22-24H2,1-4H3,(H,53,56)(H,57,58)(H,51,52,55). The first-order valence-corrected chi connectivity index (χ1v) is 23.5. The average molecular weight is 957 g/mol. The summed E-state index contributed by atoms with van der Waals surface area (Å²) < 4.78 is 48.8. The minimum Gasteiger partial charge on any atom is -0.489 e. The fraction of sp³-hybridized carbons (Fsp3) is 0.255. The molecule has 0 fully saturated rings. The zero-order valence-electron chi connectivity index (χ0n) is 35.6. The third kappa shape index (κ3) is 9.96. The molecule has 65 heavy (non-hydrogen) atoms. The Morgan fingerprint density at radius 1 is 0.923 bits per heavy atom. The van der Waals surface area contributed by atoms with E-state index in [1.165, 1.54) is 13.8 Å². The number of amides is 2. The summed E-state index contributed by atoms with van der Waals surface area (Å²) in [5, 5.41) is 16.5. The number of thiazole rings is 1. The molecule has 2 aliphatic rings. The summed E-state index contributed by atoms with van der Waals surface area (Å²) in [6.07, 6.45) is 1.06. The highest BCUT2D eigenvalue weighted by molar-refractivity contribution is 7.91. The van der Waals surface area contributed by atoms with Crippen molar-refractivity contribution >= 4 is 67.5 Å². The van der Waals surface area contributed by atoms with Crippen molar-refractivity contribution in [3.05, 3.63) is 146 Å². The van der Waals surface area contributed by atoms with Crippen molar-refractivity contribution in [3.8, 4) is 28.4 Å². The van der Waals surface area contributed by atoms with Crippen LogP contribution in [0, 0.1) is 20.8 Å². The maximum absolute atomic E-state index is 14.7. The molecule has 2 aliphatic heterocycles. The number of halogens is 2. The Kier molecular flexibility index (Phi) is 13.2. The monoisotopic (exact) mass is 955 g/mol. The van der Waals surface area contributed by atoms with E-state index in [0.717, 1.165) is 49.2 Å². The van der Waals surface area contributed by atoms with Gasteiger partial charge in [-0.2, -0.15) is 4.31 Å². The summed E-state index contributed by atoms with van der Waals surface area (Å²) in [4.78, 5) is 47.5. The fourth-order valence-corrected chi connectivity index (χ4v) is 11.2. The van der Waals surface area contributed by atoms with Crippen LogP contribution >= 0.6 is 34.5 Å². The van der Waals surface area contributed by atoms with Crippen LogP contribution in [0.1, 0.15) is 57.8 Å². The molecule has 18 heteroatoms. The van der Waals surface area contributed by atoms with Crippen LogP contribution in [0.15, 0.2) is 95.3 Å². The molecule has 4 aromatic carbocycles. The number of rotatable bonds is 13. The second-order valence-corrected chi connectivity index (χ2v) is 19.7. The minimum absolute atomic E-state index is 0.0614. The molecule has 2 aromatic heterocycles. The van der Waals surface area contributed by atoms with E-state index >= 15 is 0 Å². The molecule has 0 bridgehead atoms. The van der Waals surface area contributed by atoms with Crippen molar-refractivity contribution < 1.29 is 42.1 Å². The van der Waals surface area contributed by atoms with Gasteiger partial charge in [-0.3, -0.25) is 14.6 Å². The molecule has 3 atom stereocenters. The number of aliphatic carboxylic acids is 1. The van der Waals surface area contributed by atoms with Crippen LogP contribution in [-0.4, -0.2) is 64.3 Å². The number of carbonyl (C=O) groups is 3. The van der Waals surface area contributed by atoms with Gasteiger partial charge in [-0.15, -0.1) is 0 Å². The highest BCUT2D eigenvalue weighted by Gasteiger charge is 2.43. The number of hydrogen-bond donors (Lipinski definition) is 3. The average Bonchev–Trinajstić information content (AvgIpc) is 3.66. The van der Waals surface area contributed by atoms with Crippen molar-refractivity contribution in [3.63, 3.8) is 0 Å². The summed E-state index contributed by atoms with van der Waals surface area (Å²) in [6, 6.07) is 22.7. The fourth-order valence-electron chi connectivity index (χ4n) is 7.75. The van der Waals surface area contributed by atoms with Gasteiger partial charge >= 0.3 is 5.97 Å². The van der Waals surface area contributed by atoms with E-state index in [9.17, 15) is 27.9 Å². The van der Waals surface area contributed by atoms with E-state index in [1.54, 1.807) is 42.6 Å². The number of hydrogen-bond acceptors (Lipinski definition) is 11. The molecule has 0 aliphatic carbocycles. The van der Waals surface area contributed by atoms with Gasteiger partial charge in [0.2, 0.25) is 11.8 Å². The summed E-state index contributed by atoms with van der Waals surface area (Å²) >= 11 is 13.0. The van der Waals surface area contributed by atoms with Crippen molar-refractivity contribution in [1.82, 2.24) is 19.6 Å². The predicted molar refractivity (Wildman–Crippen MR) is 246 cm³/mol. The lowest BCUT2D eigenvalue weighted by Crippen LogP contribution is -2.55. The number of anilines is 1. The molecule has 0 saturated carbocycles. The Balaban J connectivity index is 1.03. The molecule has 8 rings (SSSR count). The molecule has 14 nitrogen and oxygen atoms in total. The lowest BCUT2D eigenvalue weighted by molar-refractivity contribution is -0.142. The largest absolute Gasteiger partial charge is 0.489 e. The quantitative estimate of drug-likeness (QED) is 0.101.